The molecule has 0 saturated carbocycles. The van der Waals surface area contributed by atoms with Gasteiger partial charge in [0.25, 0.3) is 0 Å². The summed E-state index contributed by atoms with van der Waals surface area (Å²) in [6.45, 7) is -0.272. The first-order valence-electron chi connectivity index (χ1n) is 5.05. The minimum Gasteiger partial charge on any atom is -0.493 e. The Morgan fingerprint density at radius 3 is 2.88 bits per heavy atom. The van der Waals surface area contributed by atoms with E-state index in [9.17, 15) is 4.39 Å². The van der Waals surface area contributed by atoms with E-state index in [1.807, 2.05) is 0 Å². The van der Waals surface area contributed by atoms with Gasteiger partial charge in [-0.3, -0.25) is 4.39 Å². The molecule has 0 unspecified atom stereocenters. The zero-order valence-corrected chi connectivity index (χ0v) is 10.3. The molecule has 0 bridgehead atoms. The number of alkyl halides is 1. The van der Waals surface area contributed by atoms with Crippen LogP contribution in [0.5, 0.6) is 17.2 Å². The van der Waals surface area contributed by atoms with Gasteiger partial charge in [0.15, 0.2) is 11.5 Å². The van der Waals surface area contributed by atoms with Gasteiger partial charge < -0.3 is 19.9 Å². The van der Waals surface area contributed by atoms with E-state index in [1.54, 1.807) is 19.2 Å². The molecule has 17 heavy (non-hydrogen) atoms. The van der Waals surface area contributed by atoms with Crippen molar-refractivity contribution in [2.75, 3.05) is 20.6 Å². The average molecular weight is 264 g/mol. The molecule has 1 heterocycles. The van der Waals surface area contributed by atoms with E-state index < -0.39 is 6.67 Å². The summed E-state index contributed by atoms with van der Waals surface area (Å²) in [5, 5.41) is 0. The summed E-state index contributed by atoms with van der Waals surface area (Å²) < 4.78 is 27.9. The second kappa shape index (κ2) is 5.93. The number of benzene rings is 1. The van der Waals surface area contributed by atoms with E-state index in [2.05, 4.69) is 0 Å². The standard InChI is InChI=1S/C11H14FNO3.ClH/c1-14-9-4-7(8(13)2-3-12)5-10-11(9)16-6-15-10;/h4-5,8H,2-3,6,13H2,1H3;1H/t8-;/m1./s1. The van der Waals surface area contributed by atoms with Crippen LogP contribution in [-0.2, 0) is 0 Å². The molecule has 0 aliphatic carbocycles. The van der Waals surface area contributed by atoms with Crippen molar-refractivity contribution < 1.29 is 18.6 Å². The molecule has 1 aromatic rings. The first-order valence-corrected chi connectivity index (χ1v) is 5.05. The van der Waals surface area contributed by atoms with Crippen LogP contribution in [0.1, 0.15) is 18.0 Å². The summed E-state index contributed by atoms with van der Waals surface area (Å²) in [6, 6.07) is 3.17. The van der Waals surface area contributed by atoms with Gasteiger partial charge in [0, 0.05) is 6.04 Å². The van der Waals surface area contributed by atoms with E-state index in [-0.39, 0.29) is 31.7 Å². The van der Waals surface area contributed by atoms with Gasteiger partial charge in [-0.25, -0.2) is 0 Å². The van der Waals surface area contributed by atoms with Crippen LogP contribution in [-0.4, -0.2) is 20.6 Å². The number of hydrogen-bond acceptors (Lipinski definition) is 4. The molecule has 0 amide bonds. The molecule has 4 nitrogen and oxygen atoms in total. The maximum Gasteiger partial charge on any atom is 0.231 e. The molecule has 1 atom stereocenters. The van der Waals surface area contributed by atoms with Gasteiger partial charge in [-0.2, -0.15) is 0 Å². The summed E-state index contributed by atoms with van der Waals surface area (Å²) in [6.07, 6.45) is 0.281. The zero-order valence-electron chi connectivity index (χ0n) is 9.44. The minimum atomic E-state index is -0.447. The molecule has 1 aliphatic rings. The van der Waals surface area contributed by atoms with Crippen LogP contribution in [0.4, 0.5) is 4.39 Å². The molecular weight excluding hydrogens is 249 g/mol. The van der Waals surface area contributed by atoms with E-state index in [0.29, 0.717) is 17.2 Å². The van der Waals surface area contributed by atoms with Crippen molar-refractivity contribution in [3.63, 3.8) is 0 Å². The maximum absolute atomic E-state index is 12.2. The Bertz CT molecular complexity index is 389. The number of ether oxygens (including phenoxy) is 3. The molecule has 0 fully saturated rings. The molecule has 1 aromatic carbocycles. The summed E-state index contributed by atoms with van der Waals surface area (Å²) in [7, 11) is 1.54. The van der Waals surface area contributed by atoms with Crippen LogP contribution in [0.15, 0.2) is 12.1 Å². The Balaban J connectivity index is 0.00000144. The van der Waals surface area contributed by atoms with Crippen molar-refractivity contribution in [3.8, 4) is 17.2 Å². The van der Waals surface area contributed by atoms with Crippen molar-refractivity contribution in [1.82, 2.24) is 0 Å². The van der Waals surface area contributed by atoms with Crippen LogP contribution in [0.3, 0.4) is 0 Å². The Kier molecular flexibility index (Phi) is 4.84. The summed E-state index contributed by atoms with van der Waals surface area (Å²) in [4.78, 5) is 0. The predicted octanol–water partition coefficient (Wildman–Crippen LogP) is 2.21. The molecule has 96 valence electrons. The van der Waals surface area contributed by atoms with E-state index in [0.717, 1.165) is 5.56 Å². The first-order chi connectivity index (χ1) is 7.76. The Morgan fingerprint density at radius 1 is 1.47 bits per heavy atom. The van der Waals surface area contributed by atoms with Crippen LogP contribution in [0.25, 0.3) is 0 Å². The molecule has 0 aromatic heterocycles. The molecule has 0 saturated heterocycles. The third-order valence-corrected chi connectivity index (χ3v) is 2.53. The Morgan fingerprint density at radius 2 is 2.24 bits per heavy atom. The highest BCUT2D eigenvalue weighted by atomic mass is 35.5. The number of hydrogen-bond donors (Lipinski definition) is 1. The van der Waals surface area contributed by atoms with Crippen molar-refractivity contribution in [3.05, 3.63) is 17.7 Å². The molecular formula is C11H15ClFNO3. The van der Waals surface area contributed by atoms with Crippen LogP contribution < -0.4 is 19.9 Å². The smallest absolute Gasteiger partial charge is 0.231 e. The maximum atomic E-state index is 12.2. The SMILES string of the molecule is COc1cc([C@H](N)CCF)cc2c1OCO2.Cl. The van der Waals surface area contributed by atoms with E-state index >= 15 is 0 Å². The van der Waals surface area contributed by atoms with Gasteiger partial charge >= 0.3 is 0 Å². The third-order valence-electron chi connectivity index (χ3n) is 2.53. The molecule has 2 N–H and O–H groups in total. The molecule has 0 radical (unpaired) electrons. The third kappa shape index (κ3) is 2.73. The highest BCUT2D eigenvalue weighted by Crippen LogP contribution is 2.42. The summed E-state index contributed by atoms with van der Waals surface area (Å²) in [5.41, 5.74) is 6.62. The van der Waals surface area contributed by atoms with Crippen molar-refractivity contribution >= 4 is 12.4 Å². The normalized spacial score (nSPS) is 14.1. The molecule has 1 aliphatic heterocycles. The fraction of sp³-hybridized carbons (Fsp3) is 0.455. The lowest BCUT2D eigenvalue weighted by Crippen LogP contribution is -2.11. The van der Waals surface area contributed by atoms with E-state index in [4.69, 9.17) is 19.9 Å². The van der Waals surface area contributed by atoms with Crippen LogP contribution in [0.2, 0.25) is 0 Å². The quantitative estimate of drug-likeness (QED) is 0.905. The summed E-state index contributed by atoms with van der Waals surface area (Å²) in [5.74, 6) is 1.75. The predicted molar refractivity (Wildman–Crippen MR) is 63.9 cm³/mol. The first kappa shape index (κ1) is 13.9. The molecule has 6 heteroatoms. The van der Waals surface area contributed by atoms with Gasteiger partial charge in [-0.1, -0.05) is 0 Å². The highest BCUT2D eigenvalue weighted by molar-refractivity contribution is 5.85. The van der Waals surface area contributed by atoms with Gasteiger partial charge in [0.05, 0.1) is 13.8 Å². The lowest BCUT2D eigenvalue weighted by Gasteiger charge is -2.12. The van der Waals surface area contributed by atoms with Crippen LogP contribution in [0, 0.1) is 0 Å². The molecule has 0 spiro atoms. The Labute approximate surface area is 105 Å². The lowest BCUT2D eigenvalue weighted by molar-refractivity contribution is 0.171. The Hall–Kier alpha value is -1.20. The van der Waals surface area contributed by atoms with Crippen molar-refractivity contribution in [1.29, 1.82) is 0 Å². The average Bonchev–Trinajstić information content (AvgIpc) is 2.75. The van der Waals surface area contributed by atoms with E-state index in [1.165, 1.54) is 0 Å². The second-order valence-corrected chi connectivity index (χ2v) is 3.54. The fourth-order valence-corrected chi connectivity index (χ4v) is 1.65. The number of methoxy groups -OCH3 is 1. The number of halogens is 2. The summed E-state index contributed by atoms with van der Waals surface area (Å²) >= 11 is 0. The van der Waals surface area contributed by atoms with Gasteiger partial charge in [-0.05, 0) is 24.1 Å². The van der Waals surface area contributed by atoms with Crippen molar-refractivity contribution in [2.45, 2.75) is 12.5 Å². The highest BCUT2D eigenvalue weighted by Gasteiger charge is 2.21. The number of nitrogens with two attached hydrogens (primary N) is 1. The van der Waals surface area contributed by atoms with Crippen molar-refractivity contribution in [2.24, 2.45) is 5.73 Å². The van der Waals surface area contributed by atoms with Gasteiger partial charge in [-0.15, -0.1) is 12.4 Å². The lowest BCUT2D eigenvalue weighted by atomic mass is 10.0. The molecule has 2 rings (SSSR count). The zero-order chi connectivity index (χ0) is 11.5. The number of rotatable bonds is 4. The van der Waals surface area contributed by atoms with Crippen LogP contribution >= 0.6 is 12.4 Å². The second-order valence-electron chi connectivity index (χ2n) is 3.54. The van der Waals surface area contributed by atoms with Gasteiger partial charge in [0.1, 0.15) is 0 Å². The minimum absolute atomic E-state index is 0. The number of fused-ring (bicyclic) bond motifs is 1. The van der Waals surface area contributed by atoms with Gasteiger partial charge in [0.2, 0.25) is 12.5 Å². The monoisotopic (exact) mass is 263 g/mol. The fourth-order valence-electron chi connectivity index (χ4n) is 1.65. The largest absolute Gasteiger partial charge is 0.493 e. The topological polar surface area (TPSA) is 53.7 Å².